The number of nitrogens with zero attached hydrogens (tertiary/aromatic N) is 2. The van der Waals surface area contributed by atoms with Crippen molar-refractivity contribution < 1.29 is 18.7 Å². The van der Waals surface area contributed by atoms with E-state index >= 15 is 0 Å². The second-order valence-corrected chi connectivity index (χ2v) is 7.87. The molecule has 6 nitrogen and oxygen atoms in total. The van der Waals surface area contributed by atoms with E-state index in [1.807, 2.05) is 6.07 Å². The number of esters is 1. The summed E-state index contributed by atoms with van der Waals surface area (Å²) in [6.45, 7) is 0. The van der Waals surface area contributed by atoms with Crippen LogP contribution in [0.15, 0.2) is 69.4 Å². The highest BCUT2D eigenvalue weighted by Gasteiger charge is 2.45. The molecule has 0 bridgehead atoms. The summed E-state index contributed by atoms with van der Waals surface area (Å²) in [5, 5.41) is 10.2. The second kappa shape index (κ2) is 7.52. The highest BCUT2D eigenvalue weighted by Crippen LogP contribution is 2.50. The molecule has 0 radical (unpaired) electrons. The molecule has 0 saturated carbocycles. The van der Waals surface area contributed by atoms with E-state index in [1.54, 1.807) is 24.3 Å². The van der Waals surface area contributed by atoms with E-state index in [9.17, 15) is 19.2 Å². The average molecular weight is 442 g/mol. The Bertz CT molecular complexity index is 1200. The van der Waals surface area contributed by atoms with E-state index in [0.717, 1.165) is 23.8 Å². The number of nitrogens with two attached hydrogens (primary N) is 1. The van der Waals surface area contributed by atoms with Gasteiger partial charge in [0.05, 0.1) is 35.8 Å². The van der Waals surface area contributed by atoms with E-state index in [-0.39, 0.29) is 32.6 Å². The molecule has 1 atom stereocenters. The van der Waals surface area contributed by atoms with Crippen LogP contribution in [0.25, 0.3) is 0 Å². The summed E-state index contributed by atoms with van der Waals surface area (Å²) in [5.41, 5.74) is 6.30. The maximum Gasteiger partial charge on any atom is 0.338 e. The van der Waals surface area contributed by atoms with Crippen LogP contribution in [-0.4, -0.2) is 23.9 Å². The van der Waals surface area contributed by atoms with Gasteiger partial charge in [-0.3, -0.25) is 9.69 Å². The molecular formula is C21H13ClFN3O3S. The van der Waals surface area contributed by atoms with Crippen molar-refractivity contribution in [2.75, 3.05) is 7.11 Å². The summed E-state index contributed by atoms with van der Waals surface area (Å²) in [5.74, 6) is -3.56. The lowest BCUT2D eigenvalue weighted by atomic mass is 9.82. The first kappa shape index (κ1) is 20.0. The maximum absolute atomic E-state index is 14.8. The summed E-state index contributed by atoms with van der Waals surface area (Å²) in [6, 6.07) is 12.9. The molecule has 0 aliphatic carbocycles. The molecule has 30 heavy (non-hydrogen) atoms. The lowest BCUT2D eigenvalue weighted by Gasteiger charge is -2.38. The molecule has 9 heteroatoms. The third-order valence-corrected chi connectivity index (χ3v) is 6.37. The fraction of sp³-hybridized carbons (Fsp3) is 0.0952. The van der Waals surface area contributed by atoms with Gasteiger partial charge in [-0.1, -0.05) is 41.6 Å². The zero-order chi connectivity index (χ0) is 21.6. The van der Waals surface area contributed by atoms with E-state index in [0.29, 0.717) is 10.5 Å². The van der Waals surface area contributed by atoms with Crippen molar-refractivity contribution in [2.24, 2.45) is 5.73 Å². The van der Waals surface area contributed by atoms with Crippen molar-refractivity contribution in [1.82, 2.24) is 4.90 Å². The smallest absolute Gasteiger partial charge is 0.338 e. The molecule has 1 amide bonds. The van der Waals surface area contributed by atoms with Gasteiger partial charge >= 0.3 is 5.97 Å². The van der Waals surface area contributed by atoms with Gasteiger partial charge in [0.1, 0.15) is 16.7 Å². The normalized spacial score (nSPS) is 18.0. The molecule has 0 saturated heterocycles. The van der Waals surface area contributed by atoms with Crippen LogP contribution in [0.4, 0.5) is 4.39 Å². The van der Waals surface area contributed by atoms with Crippen molar-refractivity contribution in [3.63, 3.8) is 0 Å². The number of rotatable bonds is 2. The lowest BCUT2D eigenvalue weighted by molar-refractivity contribution is -0.136. The van der Waals surface area contributed by atoms with Crippen LogP contribution in [0.2, 0.25) is 5.02 Å². The third kappa shape index (κ3) is 2.86. The summed E-state index contributed by atoms with van der Waals surface area (Å²) in [4.78, 5) is 27.5. The second-order valence-electron chi connectivity index (χ2n) is 6.43. The minimum atomic E-state index is -1.23. The van der Waals surface area contributed by atoms with Gasteiger partial charge in [0, 0.05) is 15.5 Å². The van der Waals surface area contributed by atoms with E-state index in [1.165, 1.54) is 18.2 Å². The molecule has 1 unspecified atom stereocenters. The van der Waals surface area contributed by atoms with Crippen molar-refractivity contribution in [3.8, 4) is 6.07 Å². The average Bonchev–Trinajstić information content (AvgIpc) is 2.73. The summed E-state index contributed by atoms with van der Waals surface area (Å²) < 4.78 is 19.7. The van der Waals surface area contributed by atoms with Gasteiger partial charge in [-0.05, 0) is 24.3 Å². The molecular weight excluding hydrogens is 429 g/mol. The van der Waals surface area contributed by atoms with Crippen LogP contribution < -0.4 is 5.73 Å². The molecule has 2 aliphatic rings. The molecule has 2 aromatic carbocycles. The minimum absolute atomic E-state index is 0.0172. The number of hydrogen-bond donors (Lipinski definition) is 1. The number of benzene rings is 2. The minimum Gasteiger partial charge on any atom is -0.466 e. The highest BCUT2D eigenvalue weighted by molar-refractivity contribution is 8.03. The SMILES string of the molecule is COC(=O)C1=C(N)N2C(=O)c3ccccc3SC2=C(C#N)C1c1c(F)cccc1Cl. The number of ether oxygens (including phenoxy) is 1. The monoisotopic (exact) mass is 441 g/mol. The standard InChI is InChI=1S/C21H13ClFN3O3S/c1-29-21(28)17-15(16-12(22)6-4-7-13(16)23)11(9-24)20-26(18(17)25)19(27)10-5-2-3-8-14(10)30-20/h2-8,15H,25H2,1H3. The Balaban J connectivity index is 2.06. The van der Waals surface area contributed by atoms with Crippen LogP contribution >= 0.6 is 23.4 Å². The Morgan fingerprint density at radius 1 is 1.30 bits per heavy atom. The fourth-order valence-electron chi connectivity index (χ4n) is 3.55. The zero-order valence-corrected chi connectivity index (χ0v) is 17.1. The number of nitriles is 1. The number of hydrogen-bond acceptors (Lipinski definition) is 6. The Morgan fingerprint density at radius 3 is 2.70 bits per heavy atom. The van der Waals surface area contributed by atoms with Gasteiger partial charge in [-0.2, -0.15) is 5.26 Å². The summed E-state index contributed by atoms with van der Waals surface area (Å²) in [7, 11) is 1.13. The van der Waals surface area contributed by atoms with E-state index < -0.39 is 23.6 Å². The van der Waals surface area contributed by atoms with Crippen LogP contribution in [0.3, 0.4) is 0 Å². The number of methoxy groups -OCH3 is 1. The highest BCUT2D eigenvalue weighted by atomic mass is 35.5. The van der Waals surface area contributed by atoms with Crippen LogP contribution in [-0.2, 0) is 9.53 Å². The Morgan fingerprint density at radius 2 is 2.03 bits per heavy atom. The molecule has 0 aromatic heterocycles. The number of thioether (sulfide) groups is 1. The van der Waals surface area contributed by atoms with E-state index in [4.69, 9.17) is 22.1 Å². The molecule has 0 spiro atoms. The third-order valence-electron chi connectivity index (χ3n) is 4.87. The lowest BCUT2D eigenvalue weighted by Crippen LogP contribution is -2.42. The zero-order valence-electron chi connectivity index (χ0n) is 15.5. The fourth-order valence-corrected chi connectivity index (χ4v) is 4.98. The largest absolute Gasteiger partial charge is 0.466 e. The quantitative estimate of drug-likeness (QED) is 0.710. The van der Waals surface area contributed by atoms with Gasteiger partial charge in [0.2, 0.25) is 0 Å². The summed E-state index contributed by atoms with van der Waals surface area (Å²) >= 11 is 7.40. The van der Waals surface area contributed by atoms with Crippen LogP contribution in [0.5, 0.6) is 0 Å². The topological polar surface area (TPSA) is 96.4 Å². The van der Waals surface area contributed by atoms with Gasteiger partial charge in [0.15, 0.2) is 0 Å². The number of carbonyl (C=O) groups is 2. The first-order valence-electron chi connectivity index (χ1n) is 8.68. The molecule has 2 aliphatic heterocycles. The Labute approximate surface area is 180 Å². The predicted molar refractivity (Wildman–Crippen MR) is 108 cm³/mol. The van der Waals surface area contributed by atoms with Crippen LogP contribution in [0, 0.1) is 17.1 Å². The predicted octanol–water partition coefficient (Wildman–Crippen LogP) is 3.90. The first-order chi connectivity index (χ1) is 14.4. The summed E-state index contributed by atoms with van der Waals surface area (Å²) in [6.07, 6.45) is 0. The molecule has 0 fully saturated rings. The van der Waals surface area contributed by atoms with Crippen molar-refractivity contribution in [1.29, 1.82) is 5.26 Å². The molecule has 150 valence electrons. The number of allylic oxidation sites excluding steroid dienone is 1. The first-order valence-corrected chi connectivity index (χ1v) is 9.87. The molecule has 2 heterocycles. The maximum atomic E-state index is 14.8. The van der Waals surface area contributed by atoms with Crippen molar-refractivity contribution in [2.45, 2.75) is 10.8 Å². The van der Waals surface area contributed by atoms with Gasteiger partial charge in [-0.25, -0.2) is 9.18 Å². The Kier molecular flexibility index (Phi) is 5.02. The molecule has 4 rings (SSSR count). The van der Waals surface area contributed by atoms with Crippen LogP contribution in [0.1, 0.15) is 21.8 Å². The number of halogens is 2. The number of carbonyl (C=O) groups excluding carboxylic acids is 2. The van der Waals surface area contributed by atoms with Gasteiger partial charge in [-0.15, -0.1) is 0 Å². The van der Waals surface area contributed by atoms with Gasteiger partial charge in [0.25, 0.3) is 5.91 Å². The molecule has 2 aromatic rings. The Hall–Kier alpha value is -3.28. The van der Waals surface area contributed by atoms with Crippen molar-refractivity contribution >= 4 is 35.2 Å². The van der Waals surface area contributed by atoms with Gasteiger partial charge < -0.3 is 10.5 Å². The molecule has 2 N–H and O–H groups in total. The van der Waals surface area contributed by atoms with E-state index in [2.05, 4.69) is 0 Å². The number of amides is 1. The van der Waals surface area contributed by atoms with Crippen molar-refractivity contribution in [3.05, 3.63) is 86.4 Å². The number of fused-ring (bicyclic) bond motifs is 2.